The monoisotopic (exact) mass is 353 g/mol. The number of nitrogens with one attached hydrogen (secondary N) is 1. The first-order chi connectivity index (χ1) is 11.9. The minimum absolute atomic E-state index is 0.0165. The summed E-state index contributed by atoms with van der Waals surface area (Å²) in [6.45, 7) is 3.96. The number of nitro groups is 1. The second kappa shape index (κ2) is 6.90. The summed E-state index contributed by atoms with van der Waals surface area (Å²) in [4.78, 5) is 27.4. The van der Waals surface area contributed by atoms with Crippen molar-refractivity contribution in [1.29, 1.82) is 0 Å². The van der Waals surface area contributed by atoms with Crippen molar-refractivity contribution in [3.05, 3.63) is 74.2 Å². The lowest BCUT2D eigenvalue weighted by Crippen LogP contribution is -2.19. The second-order valence-electron chi connectivity index (χ2n) is 5.62. The number of amidine groups is 1. The molecule has 0 atom stereocenters. The first kappa shape index (κ1) is 16.9. The minimum Gasteiger partial charge on any atom is -0.300 e. The van der Waals surface area contributed by atoms with Crippen molar-refractivity contribution in [3.63, 3.8) is 0 Å². The van der Waals surface area contributed by atoms with Gasteiger partial charge in [-0.1, -0.05) is 12.1 Å². The predicted octanol–water partition coefficient (Wildman–Crippen LogP) is 4.10. The van der Waals surface area contributed by atoms with Crippen molar-refractivity contribution in [2.45, 2.75) is 13.8 Å². The van der Waals surface area contributed by atoms with Gasteiger partial charge in [0.25, 0.3) is 11.6 Å². The summed E-state index contributed by atoms with van der Waals surface area (Å²) in [7, 11) is 0. The number of amides is 1. The molecular weight excluding hydrogens is 338 g/mol. The van der Waals surface area contributed by atoms with Crippen LogP contribution in [0.25, 0.3) is 6.08 Å². The zero-order valence-electron chi connectivity index (χ0n) is 13.6. The number of benzene rings is 2. The van der Waals surface area contributed by atoms with Gasteiger partial charge < -0.3 is 5.32 Å². The summed E-state index contributed by atoms with van der Waals surface area (Å²) in [5.74, 6) is -0.229. The lowest BCUT2D eigenvalue weighted by molar-refractivity contribution is -0.384. The average molecular weight is 353 g/mol. The molecule has 0 aliphatic carbocycles. The van der Waals surface area contributed by atoms with E-state index in [1.54, 1.807) is 18.2 Å². The molecule has 3 rings (SSSR count). The maximum absolute atomic E-state index is 12.1. The first-order valence-corrected chi connectivity index (χ1v) is 8.35. The highest BCUT2D eigenvalue weighted by Crippen LogP contribution is 2.29. The quantitative estimate of drug-likeness (QED) is 0.511. The SMILES string of the molecule is Cc1ccc(C)c(N=C2NC(=O)C(=Cc3ccc([N+](=O)[O-])cc3)S2)c1. The minimum atomic E-state index is -0.455. The summed E-state index contributed by atoms with van der Waals surface area (Å²) in [6.07, 6.45) is 1.69. The third-order valence-corrected chi connectivity index (χ3v) is 4.55. The first-order valence-electron chi connectivity index (χ1n) is 7.54. The van der Waals surface area contributed by atoms with Crippen LogP contribution in [-0.2, 0) is 4.79 Å². The number of hydrogen-bond donors (Lipinski definition) is 1. The molecule has 1 amide bonds. The highest BCUT2D eigenvalue weighted by atomic mass is 32.2. The number of aryl methyl sites for hydroxylation is 2. The van der Waals surface area contributed by atoms with E-state index in [1.165, 1.54) is 23.9 Å². The Morgan fingerprint density at radius 1 is 1.16 bits per heavy atom. The van der Waals surface area contributed by atoms with Gasteiger partial charge in [0.15, 0.2) is 5.17 Å². The van der Waals surface area contributed by atoms with E-state index in [4.69, 9.17) is 0 Å². The standard InChI is InChI=1S/C18H15N3O3S/c1-11-3-4-12(2)15(9-11)19-18-20-17(22)16(25-18)10-13-5-7-14(8-6-13)21(23)24/h3-10H,1-2H3,(H,19,20,22). The van der Waals surface area contributed by atoms with Crippen molar-refractivity contribution >= 4 is 40.3 Å². The summed E-state index contributed by atoms with van der Waals surface area (Å²) in [5.41, 5.74) is 3.68. The van der Waals surface area contributed by atoms with Crippen LogP contribution in [0.2, 0.25) is 0 Å². The van der Waals surface area contributed by atoms with Gasteiger partial charge in [-0.2, -0.15) is 0 Å². The van der Waals surface area contributed by atoms with Crippen LogP contribution in [0.5, 0.6) is 0 Å². The summed E-state index contributed by atoms with van der Waals surface area (Å²) >= 11 is 1.25. The van der Waals surface area contributed by atoms with Crippen LogP contribution in [0.3, 0.4) is 0 Å². The lowest BCUT2D eigenvalue weighted by atomic mass is 10.1. The van der Waals surface area contributed by atoms with E-state index in [9.17, 15) is 14.9 Å². The van der Waals surface area contributed by atoms with Crippen molar-refractivity contribution in [3.8, 4) is 0 Å². The molecule has 1 heterocycles. The molecule has 1 aliphatic heterocycles. The molecule has 0 saturated carbocycles. The summed E-state index contributed by atoms with van der Waals surface area (Å²) < 4.78 is 0. The number of carbonyl (C=O) groups excluding carboxylic acids is 1. The Hall–Kier alpha value is -2.93. The third kappa shape index (κ3) is 3.95. The largest absolute Gasteiger partial charge is 0.300 e. The normalized spacial score (nSPS) is 17.1. The van der Waals surface area contributed by atoms with Gasteiger partial charge in [-0.05, 0) is 66.6 Å². The number of hydrogen-bond acceptors (Lipinski definition) is 5. The van der Waals surface area contributed by atoms with Gasteiger partial charge in [0.05, 0.1) is 15.5 Å². The molecule has 6 nitrogen and oxygen atoms in total. The number of non-ortho nitro benzene ring substituents is 1. The Kier molecular flexibility index (Phi) is 4.67. The fourth-order valence-electron chi connectivity index (χ4n) is 2.27. The summed E-state index contributed by atoms with van der Waals surface area (Å²) in [5, 5.41) is 13.9. The van der Waals surface area contributed by atoms with E-state index in [0.29, 0.717) is 10.1 Å². The van der Waals surface area contributed by atoms with E-state index in [2.05, 4.69) is 10.3 Å². The molecule has 7 heteroatoms. The fraction of sp³-hybridized carbons (Fsp3) is 0.111. The fourth-order valence-corrected chi connectivity index (χ4v) is 3.11. The Morgan fingerprint density at radius 2 is 1.88 bits per heavy atom. The molecule has 1 aliphatic rings. The van der Waals surface area contributed by atoms with Gasteiger partial charge in [-0.15, -0.1) is 0 Å². The topological polar surface area (TPSA) is 84.6 Å². The molecule has 126 valence electrons. The molecule has 1 saturated heterocycles. The van der Waals surface area contributed by atoms with E-state index >= 15 is 0 Å². The van der Waals surface area contributed by atoms with Gasteiger partial charge in [-0.3, -0.25) is 14.9 Å². The van der Waals surface area contributed by atoms with E-state index < -0.39 is 4.92 Å². The highest BCUT2D eigenvalue weighted by molar-refractivity contribution is 8.18. The third-order valence-electron chi connectivity index (χ3n) is 3.64. The number of thioether (sulfide) groups is 1. The molecule has 1 N–H and O–H groups in total. The average Bonchev–Trinajstić information content (AvgIpc) is 2.91. The van der Waals surface area contributed by atoms with E-state index in [0.717, 1.165) is 22.4 Å². The Balaban J connectivity index is 1.83. The number of aliphatic imine (C=N–C) groups is 1. The van der Waals surface area contributed by atoms with E-state index in [-0.39, 0.29) is 11.6 Å². The zero-order valence-corrected chi connectivity index (χ0v) is 14.5. The molecule has 0 bridgehead atoms. The van der Waals surface area contributed by atoms with Gasteiger partial charge in [-0.25, -0.2) is 4.99 Å². The Morgan fingerprint density at radius 3 is 2.56 bits per heavy atom. The van der Waals surface area contributed by atoms with Crippen LogP contribution >= 0.6 is 11.8 Å². The molecule has 1 fully saturated rings. The Bertz CT molecular complexity index is 918. The molecule has 0 spiro atoms. The molecule has 0 radical (unpaired) electrons. The molecular formula is C18H15N3O3S. The van der Waals surface area contributed by atoms with Crippen LogP contribution in [0.15, 0.2) is 52.4 Å². The molecule has 0 unspecified atom stereocenters. The van der Waals surface area contributed by atoms with Gasteiger partial charge in [0.2, 0.25) is 0 Å². The number of nitrogens with zero attached hydrogens (tertiary/aromatic N) is 2. The van der Waals surface area contributed by atoms with Crippen molar-refractivity contribution < 1.29 is 9.72 Å². The van der Waals surface area contributed by atoms with Crippen molar-refractivity contribution in [2.75, 3.05) is 0 Å². The van der Waals surface area contributed by atoms with Crippen LogP contribution in [-0.4, -0.2) is 16.0 Å². The van der Waals surface area contributed by atoms with E-state index in [1.807, 2.05) is 32.0 Å². The van der Waals surface area contributed by atoms with Gasteiger partial charge in [0, 0.05) is 12.1 Å². The van der Waals surface area contributed by atoms with Crippen LogP contribution in [0.1, 0.15) is 16.7 Å². The van der Waals surface area contributed by atoms with Gasteiger partial charge >= 0.3 is 0 Å². The van der Waals surface area contributed by atoms with Crippen molar-refractivity contribution in [1.82, 2.24) is 5.32 Å². The van der Waals surface area contributed by atoms with Crippen LogP contribution in [0.4, 0.5) is 11.4 Å². The lowest BCUT2D eigenvalue weighted by Gasteiger charge is -2.02. The number of carbonyl (C=O) groups is 1. The molecule has 2 aromatic rings. The smallest absolute Gasteiger partial charge is 0.269 e. The predicted molar refractivity (Wildman–Crippen MR) is 99.8 cm³/mol. The second-order valence-corrected chi connectivity index (χ2v) is 6.65. The van der Waals surface area contributed by atoms with Crippen LogP contribution < -0.4 is 5.32 Å². The molecule has 2 aromatic carbocycles. The Labute approximate surface area is 148 Å². The van der Waals surface area contributed by atoms with Crippen LogP contribution in [0, 0.1) is 24.0 Å². The molecule has 25 heavy (non-hydrogen) atoms. The summed E-state index contributed by atoms with van der Waals surface area (Å²) in [6, 6.07) is 12.0. The highest BCUT2D eigenvalue weighted by Gasteiger charge is 2.24. The van der Waals surface area contributed by atoms with Gasteiger partial charge in [0.1, 0.15) is 0 Å². The molecule has 0 aromatic heterocycles. The maximum atomic E-state index is 12.1. The number of rotatable bonds is 3. The maximum Gasteiger partial charge on any atom is 0.269 e. The number of nitro benzene ring substituents is 1. The zero-order chi connectivity index (χ0) is 18.0. The van der Waals surface area contributed by atoms with Crippen molar-refractivity contribution in [2.24, 2.45) is 4.99 Å².